The summed E-state index contributed by atoms with van der Waals surface area (Å²) in [5.74, 6) is 0.286. The van der Waals surface area contributed by atoms with Crippen LogP contribution in [-0.4, -0.2) is 17.3 Å². The first-order valence-corrected chi connectivity index (χ1v) is 8.60. The first-order chi connectivity index (χ1) is 11.5. The average Bonchev–Trinajstić information content (AvgIpc) is 2.82. The zero-order chi connectivity index (χ0) is 18.5. The number of hydrogen-bond donors (Lipinski definition) is 1. The third kappa shape index (κ3) is 3.58. The van der Waals surface area contributed by atoms with Crippen molar-refractivity contribution in [3.8, 4) is 0 Å². The van der Waals surface area contributed by atoms with E-state index in [9.17, 15) is 18.0 Å². The highest BCUT2D eigenvalue weighted by Gasteiger charge is 2.44. The van der Waals surface area contributed by atoms with Crippen LogP contribution in [0.2, 0.25) is 0 Å². The Morgan fingerprint density at radius 2 is 1.64 bits per heavy atom. The second-order valence-electron chi connectivity index (χ2n) is 8.16. The molecule has 0 radical (unpaired) electrons. The van der Waals surface area contributed by atoms with Crippen LogP contribution >= 0.6 is 0 Å². The highest BCUT2D eigenvalue weighted by atomic mass is 19.4. The molecule has 0 bridgehead atoms. The van der Waals surface area contributed by atoms with Crippen LogP contribution in [0.3, 0.4) is 0 Å². The van der Waals surface area contributed by atoms with E-state index in [4.69, 9.17) is 0 Å². The Labute approximate surface area is 145 Å². The summed E-state index contributed by atoms with van der Waals surface area (Å²) < 4.78 is 38.0. The molecule has 0 aromatic heterocycles. The van der Waals surface area contributed by atoms with Gasteiger partial charge >= 0.3 is 6.18 Å². The van der Waals surface area contributed by atoms with Crippen LogP contribution in [0.25, 0.3) is 0 Å². The molecule has 0 atom stereocenters. The van der Waals surface area contributed by atoms with Gasteiger partial charge in [0.25, 0.3) is 5.91 Å². The summed E-state index contributed by atoms with van der Waals surface area (Å²) in [4.78, 5) is 17.0. The summed E-state index contributed by atoms with van der Waals surface area (Å²) in [5.41, 5.74) is -0.417. The van der Waals surface area contributed by atoms with E-state index < -0.39 is 17.4 Å². The molecule has 1 aliphatic heterocycles. The van der Waals surface area contributed by atoms with Crippen molar-refractivity contribution in [2.45, 2.75) is 58.3 Å². The third-order valence-corrected chi connectivity index (χ3v) is 5.41. The molecule has 1 N–H and O–H groups in total. The van der Waals surface area contributed by atoms with Gasteiger partial charge in [-0.1, -0.05) is 32.9 Å². The number of alkyl halides is 3. The van der Waals surface area contributed by atoms with E-state index in [1.807, 2.05) is 0 Å². The molecule has 1 aromatic rings. The van der Waals surface area contributed by atoms with Gasteiger partial charge in [0.05, 0.1) is 5.56 Å². The SMILES string of the molecule is CC(C)(C)C1CCC2(CC1)N=C(c1ccc(C(F)(F)F)cc1)C(=O)N2. The Balaban J connectivity index is 1.80. The Morgan fingerprint density at radius 1 is 1.08 bits per heavy atom. The highest BCUT2D eigenvalue weighted by molar-refractivity contribution is 6.46. The lowest BCUT2D eigenvalue weighted by atomic mass is 9.70. The highest BCUT2D eigenvalue weighted by Crippen LogP contribution is 2.43. The number of carbonyl (C=O) groups excluding carboxylic acids is 1. The van der Waals surface area contributed by atoms with Gasteiger partial charge in [-0.15, -0.1) is 0 Å². The van der Waals surface area contributed by atoms with Gasteiger partial charge in [0.15, 0.2) is 0 Å². The van der Waals surface area contributed by atoms with Crippen molar-refractivity contribution in [2.24, 2.45) is 16.3 Å². The van der Waals surface area contributed by atoms with Gasteiger partial charge < -0.3 is 5.32 Å². The zero-order valence-electron chi connectivity index (χ0n) is 14.7. The van der Waals surface area contributed by atoms with Gasteiger partial charge in [0, 0.05) is 5.56 Å². The molecule has 1 aromatic carbocycles. The number of carbonyl (C=O) groups is 1. The molecule has 3 nitrogen and oxygen atoms in total. The van der Waals surface area contributed by atoms with Crippen molar-refractivity contribution < 1.29 is 18.0 Å². The maximum Gasteiger partial charge on any atom is 0.416 e. The summed E-state index contributed by atoms with van der Waals surface area (Å²) in [6, 6.07) is 4.63. The summed E-state index contributed by atoms with van der Waals surface area (Å²) >= 11 is 0. The number of hydrogen-bond acceptors (Lipinski definition) is 2. The monoisotopic (exact) mass is 352 g/mol. The minimum Gasteiger partial charge on any atom is -0.326 e. The van der Waals surface area contributed by atoms with Gasteiger partial charge in [-0.3, -0.25) is 9.79 Å². The number of amides is 1. The first kappa shape index (κ1) is 18.0. The van der Waals surface area contributed by atoms with E-state index in [1.165, 1.54) is 12.1 Å². The standard InChI is InChI=1S/C19H23F3N2O/c1-17(2,3)13-8-10-18(11-9-13)23-15(16(25)24-18)12-4-6-14(7-5-12)19(20,21)22/h4-7,13H,8-11H2,1-3H3,(H,24,25). The molecular formula is C19H23F3N2O. The Kier molecular flexibility index (Phi) is 4.20. The summed E-state index contributed by atoms with van der Waals surface area (Å²) in [6.07, 6.45) is -0.887. The molecule has 25 heavy (non-hydrogen) atoms. The largest absolute Gasteiger partial charge is 0.416 e. The molecule has 0 saturated heterocycles. The fourth-order valence-corrected chi connectivity index (χ4v) is 3.77. The number of nitrogens with one attached hydrogen (secondary N) is 1. The minimum atomic E-state index is -4.38. The zero-order valence-corrected chi connectivity index (χ0v) is 14.7. The van der Waals surface area contributed by atoms with Gasteiger partial charge in [-0.25, -0.2) is 0 Å². The van der Waals surface area contributed by atoms with Gasteiger partial charge in [-0.05, 0) is 49.1 Å². The van der Waals surface area contributed by atoms with Crippen molar-refractivity contribution in [2.75, 3.05) is 0 Å². The molecule has 1 amide bonds. The van der Waals surface area contributed by atoms with Crippen LogP contribution in [0.1, 0.15) is 57.6 Å². The van der Waals surface area contributed by atoms with Crippen molar-refractivity contribution in [1.29, 1.82) is 0 Å². The molecule has 1 saturated carbocycles. The van der Waals surface area contributed by atoms with Crippen molar-refractivity contribution in [3.63, 3.8) is 0 Å². The van der Waals surface area contributed by atoms with E-state index >= 15 is 0 Å². The van der Waals surface area contributed by atoms with Crippen LogP contribution < -0.4 is 5.32 Å². The van der Waals surface area contributed by atoms with Crippen LogP contribution in [0, 0.1) is 11.3 Å². The molecular weight excluding hydrogens is 329 g/mol. The van der Waals surface area contributed by atoms with E-state index in [-0.39, 0.29) is 17.0 Å². The molecule has 2 aliphatic rings. The Hall–Kier alpha value is -1.85. The number of benzene rings is 1. The van der Waals surface area contributed by atoms with Gasteiger partial charge in [0.2, 0.25) is 0 Å². The normalized spacial score (nSPS) is 27.4. The second kappa shape index (κ2) is 5.85. The maximum atomic E-state index is 12.7. The lowest BCUT2D eigenvalue weighted by Gasteiger charge is -2.40. The van der Waals surface area contributed by atoms with Crippen molar-refractivity contribution in [3.05, 3.63) is 35.4 Å². The van der Waals surface area contributed by atoms with Gasteiger partial charge in [-0.2, -0.15) is 13.2 Å². The van der Waals surface area contributed by atoms with E-state index in [2.05, 4.69) is 31.1 Å². The lowest BCUT2D eigenvalue weighted by Crippen LogP contribution is -2.46. The van der Waals surface area contributed by atoms with Crippen LogP contribution in [0.15, 0.2) is 29.3 Å². The smallest absolute Gasteiger partial charge is 0.326 e. The lowest BCUT2D eigenvalue weighted by molar-refractivity contribution is -0.137. The molecule has 1 fully saturated rings. The summed E-state index contributed by atoms with van der Waals surface area (Å²) in [6.45, 7) is 6.67. The topological polar surface area (TPSA) is 41.5 Å². The second-order valence-corrected chi connectivity index (χ2v) is 8.16. The van der Waals surface area contributed by atoms with Crippen molar-refractivity contribution in [1.82, 2.24) is 5.32 Å². The third-order valence-electron chi connectivity index (χ3n) is 5.41. The van der Waals surface area contributed by atoms with Crippen LogP contribution in [-0.2, 0) is 11.0 Å². The fraction of sp³-hybridized carbons (Fsp3) is 0.579. The summed E-state index contributed by atoms with van der Waals surface area (Å²) in [7, 11) is 0. The first-order valence-electron chi connectivity index (χ1n) is 8.60. The summed E-state index contributed by atoms with van der Waals surface area (Å²) in [5, 5.41) is 2.97. The predicted octanol–water partition coefficient (Wildman–Crippen LogP) is 4.56. The Bertz CT molecular complexity index is 691. The number of aliphatic imine (C=N–C) groups is 1. The number of rotatable bonds is 1. The van der Waals surface area contributed by atoms with E-state index in [1.54, 1.807) is 0 Å². The molecule has 136 valence electrons. The quantitative estimate of drug-likeness (QED) is 0.791. The van der Waals surface area contributed by atoms with Crippen molar-refractivity contribution >= 4 is 11.6 Å². The molecule has 1 heterocycles. The van der Waals surface area contributed by atoms with Gasteiger partial charge in [0.1, 0.15) is 11.4 Å². The predicted molar refractivity (Wildman–Crippen MR) is 90.3 cm³/mol. The fourth-order valence-electron chi connectivity index (χ4n) is 3.77. The average molecular weight is 352 g/mol. The minimum absolute atomic E-state index is 0.226. The van der Waals surface area contributed by atoms with Crippen LogP contribution in [0.5, 0.6) is 0 Å². The van der Waals surface area contributed by atoms with E-state index in [0.29, 0.717) is 11.5 Å². The molecule has 0 unspecified atom stereocenters. The molecule has 1 spiro atoms. The Morgan fingerprint density at radius 3 is 2.12 bits per heavy atom. The molecule has 1 aliphatic carbocycles. The number of halogens is 3. The number of nitrogens with zero attached hydrogens (tertiary/aromatic N) is 1. The van der Waals surface area contributed by atoms with Crippen LogP contribution in [0.4, 0.5) is 13.2 Å². The maximum absolute atomic E-state index is 12.7. The van der Waals surface area contributed by atoms with E-state index in [0.717, 1.165) is 37.8 Å². The molecule has 3 rings (SSSR count). The molecule has 6 heteroatoms.